The van der Waals surface area contributed by atoms with E-state index in [2.05, 4.69) is 28.6 Å². The number of hydrogen-bond donors (Lipinski definition) is 4. The Bertz CT molecular complexity index is 1350. The number of nitrogens with zero attached hydrogens (tertiary/aromatic N) is 2. The average Bonchev–Trinajstić information content (AvgIpc) is 2.92. The number of rotatable bonds is 11. The van der Waals surface area contributed by atoms with Crippen molar-refractivity contribution in [2.45, 2.75) is 24.3 Å². The van der Waals surface area contributed by atoms with Crippen LogP contribution in [-0.4, -0.2) is 94.1 Å². The smallest absolute Gasteiger partial charge is 0.244 e. The van der Waals surface area contributed by atoms with Crippen LogP contribution in [0.1, 0.15) is 13.3 Å². The van der Waals surface area contributed by atoms with Gasteiger partial charge in [-0.25, -0.2) is 8.42 Å². The second-order valence-corrected chi connectivity index (χ2v) is 12.0. The molecular weight excluding hydrogens is 562 g/mol. The van der Waals surface area contributed by atoms with Crippen molar-refractivity contribution in [1.29, 1.82) is 0 Å². The van der Waals surface area contributed by atoms with E-state index in [-0.39, 0.29) is 55.1 Å². The lowest BCUT2D eigenvalue weighted by Gasteiger charge is -2.40. The second-order valence-electron chi connectivity index (χ2n) is 9.24. The molecule has 0 spiro atoms. The zero-order valence-corrected chi connectivity index (χ0v) is 24.4. The molecule has 2 aromatic carbocycles. The number of piperazine rings is 1. The quantitative estimate of drug-likeness (QED) is 0.228. The molecule has 3 N–H and O–H groups in total. The van der Waals surface area contributed by atoms with Crippen LogP contribution in [0.3, 0.4) is 0 Å². The molecule has 0 bridgehead atoms. The Morgan fingerprint density at radius 1 is 1.08 bits per heavy atom. The highest BCUT2D eigenvalue weighted by atomic mass is 35.5. The Labute approximate surface area is 239 Å². The number of halogens is 1. The lowest BCUT2D eigenvalue weighted by atomic mass is 10.1. The molecule has 3 amide bonds. The molecule has 1 fully saturated rings. The molecule has 1 saturated heterocycles. The number of sulfone groups is 1. The first-order valence-corrected chi connectivity index (χ1v) is 15.1. The summed E-state index contributed by atoms with van der Waals surface area (Å²) < 4.78 is 26.2. The SMILES string of the molecule is CN/C(=C\S)CN1CCN(C(=O)CCS(=O)(=O)c2ccc3cc(Cl)ccc3c2)C(C(=O)NCCNC(C)=O)C1. The highest BCUT2D eigenvalue weighted by molar-refractivity contribution is 7.91. The monoisotopic (exact) mass is 595 g/mol. The summed E-state index contributed by atoms with van der Waals surface area (Å²) in [4.78, 5) is 41.1. The van der Waals surface area contributed by atoms with Crippen LogP contribution in [0.2, 0.25) is 5.02 Å². The van der Waals surface area contributed by atoms with E-state index in [1.165, 1.54) is 17.9 Å². The third-order valence-electron chi connectivity index (χ3n) is 6.47. The number of benzene rings is 2. The molecule has 1 heterocycles. The third-order valence-corrected chi connectivity index (χ3v) is 8.73. The molecule has 1 aliphatic rings. The lowest BCUT2D eigenvalue weighted by Crippen LogP contribution is -2.61. The first kappa shape index (κ1) is 30.7. The van der Waals surface area contributed by atoms with Crippen LogP contribution in [0.25, 0.3) is 10.8 Å². The van der Waals surface area contributed by atoms with Gasteiger partial charge in [0.2, 0.25) is 17.7 Å². The maximum absolute atomic E-state index is 13.3. The van der Waals surface area contributed by atoms with Gasteiger partial charge in [0.25, 0.3) is 0 Å². The van der Waals surface area contributed by atoms with Crippen LogP contribution >= 0.6 is 24.2 Å². The molecule has 0 radical (unpaired) electrons. The molecule has 0 saturated carbocycles. The first-order valence-electron chi connectivity index (χ1n) is 12.5. The number of nitrogens with one attached hydrogen (secondary N) is 3. The van der Waals surface area contributed by atoms with Crippen molar-refractivity contribution in [1.82, 2.24) is 25.8 Å². The van der Waals surface area contributed by atoms with E-state index in [1.807, 2.05) is 4.90 Å². The molecule has 2 aromatic rings. The molecule has 212 valence electrons. The maximum atomic E-state index is 13.3. The van der Waals surface area contributed by atoms with Gasteiger partial charge < -0.3 is 20.9 Å². The Morgan fingerprint density at radius 3 is 2.46 bits per heavy atom. The van der Waals surface area contributed by atoms with Gasteiger partial charge >= 0.3 is 0 Å². The lowest BCUT2D eigenvalue weighted by molar-refractivity contribution is -0.143. The van der Waals surface area contributed by atoms with Gasteiger partial charge in [0, 0.05) is 70.4 Å². The summed E-state index contributed by atoms with van der Waals surface area (Å²) in [7, 11) is -1.97. The number of carbonyl (C=O) groups excluding carboxylic acids is 3. The van der Waals surface area contributed by atoms with Gasteiger partial charge in [0.05, 0.1) is 10.6 Å². The Balaban J connectivity index is 1.70. The summed E-state index contributed by atoms with van der Waals surface area (Å²) in [5.41, 5.74) is 0.853. The minimum absolute atomic E-state index is 0.125. The van der Waals surface area contributed by atoms with E-state index in [0.717, 1.165) is 16.5 Å². The van der Waals surface area contributed by atoms with Gasteiger partial charge in [-0.1, -0.05) is 23.7 Å². The summed E-state index contributed by atoms with van der Waals surface area (Å²) in [5, 5.41) is 12.2. The van der Waals surface area contributed by atoms with E-state index < -0.39 is 21.8 Å². The summed E-state index contributed by atoms with van der Waals surface area (Å²) in [5.74, 6) is -1.37. The van der Waals surface area contributed by atoms with Crippen LogP contribution in [0.5, 0.6) is 0 Å². The summed E-state index contributed by atoms with van der Waals surface area (Å²) in [6.45, 7) is 3.41. The van der Waals surface area contributed by atoms with Crippen LogP contribution in [0.15, 0.2) is 52.4 Å². The fraction of sp³-hybridized carbons (Fsp3) is 0.423. The molecule has 0 aromatic heterocycles. The van der Waals surface area contributed by atoms with Crippen molar-refractivity contribution in [2.75, 3.05) is 52.1 Å². The van der Waals surface area contributed by atoms with Crippen molar-refractivity contribution in [3.8, 4) is 0 Å². The van der Waals surface area contributed by atoms with Crippen molar-refractivity contribution in [3.63, 3.8) is 0 Å². The Hall–Kier alpha value is -2.80. The molecule has 1 aliphatic heterocycles. The Morgan fingerprint density at radius 2 is 1.77 bits per heavy atom. The van der Waals surface area contributed by atoms with Gasteiger partial charge in [-0.2, -0.15) is 0 Å². The van der Waals surface area contributed by atoms with E-state index in [0.29, 0.717) is 18.1 Å². The van der Waals surface area contributed by atoms with Gasteiger partial charge in [0.15, 0.2) is 9.84 Å². The van der Waals surface area contributed by atoms with E-state index >= 15 is 0 Å². The van der Waals surface area contributed by atoms with Crippen molar-refractivity contribution < 1.29 is 22.8 Å². The molecule has 1 unspecified atom stereocenters. The minimum atomic E-state index is -3.75. The Kier molecular flexibility index (Phi) is 11.0. The van der Waals surface area contributed by atoms with Crippen LogP contribution in [0.4, 0.5) is 0 Å². The molecular formula is C26H34ClN5O5S2. The van der Waals surface area contributed by atoms with E-state index in [9.17, 15) is 22.8 Å². The fourth-order valence-corrected chi connectivity index (χ4v) is 6.00. The first-order chi connectivity index (χ1) is 18.5. The number of fused-ring (bicyclic) bond motifs is 1. The predicted molar refractivity (Wildman–Crippen MR) is 155 cm³/mol. The van der Waals surface area contributed by atoms with Gasteiger partial charge in [-0.15, -0.1) is 12.6 Å². The summed E-state index contributed by atoms with van der Waals surface area (Å²) >= 11 is 10.2. The van der Waals surface area contributed by atoms with Gasteiger partial charge in [-0.3, -0.25) is 19.3 Å². The summed E-state index contributed by atoms with van der Waals surface area (Å²) in [6, 6.07) is 9.16. The maximum Gasteiger partial charge on any atom is 0.244 e. The fourth-order valence-electron chi connectivity index (χ4n) is 4.34. The van der Waals surface area contributed by atoms with Crippen LogP contribution < -0.4 is 16.0 Å². The number of thiol groups is 1. The van der Waals surface area contributed by atoms with E-state index in [4.69, 9.17) is 11.6 Å². The largest absolute Gasteiger partial charge is 0.390 e. The summed E-state index contributed by atoms with van der Waals surface area (Å²) in [6.07, 6.45) is -0.255. The number of likely N-dealkylation sites (N-methyl/N-ethyl adjacent to an activating group) is 1. The second kappa shape index (κ2) is 14.0. The minimum Gasteiger partial charge on any atom is -0.390 e. The zero-order valence-electron chi connectivity index (χ0n) is 21.9. The number of amides is 3. The molecule has 0 aliphatic carbocycles. The predicted octanol–water partition coefficient (Wildman–Crippen LogP) is 1.41. The molecule has 13 heteroatoms. The molecule has 3 rings (SSSR count). The average molecular weight is 596 g/mol. The van der Waals surface area contributed by atoms with Crippen molar-refractivity contribution in [3.05, 3.63) is 52.5 Å². The normalized spacial score (nSPS) is 16.7. The van der Waals surface area contributed by atoms with Crippen molar-refractivity contribution >= 4 is 62.6 Å². The molecule has 1 atom stereocenters. The number of carbonyl (C=O) groups is 3. The highest BCUT2D eigenvalue weighted by Gasteiger charge is 2.35. The van der Waals surface area contributed by atoms with Gasteiger partial charge in [-0.05, 0) is 40.4 Å². The zero-order chi connectivity index (χ0) is 28.6. The van der Waals surface area contributed by atoms with Crippen molar-refractivity contribution in [2.24, 2.45) is 0 Å². The third kappa shape index (κ3) is 8.59. The highest BCUT2D eigenvalue weighted by Crippen LogP contribution is 2.24. The molecule has 39 heavy (non-hydrogen) atoms. The standard InChI is InChI=1S/C26H34ClN5O5S2/c1-18(33)29-8-9-30-26(35)24-16-31(15-22(17-38)28-2)10-11-32(24)25(34)7-12-39(36,37)23-6-4-19-13-21(27)5-3-20(19)14-23/h3-6,13-14,17,24,28,38H,7-12,15-16H2,1-2H3,(H,29,33)(H,30,35)/b22-17-. The van der Waals surface area contributed by atoms with Gasteiger partial charge in [0.1, 0.15) is 6.04 Å². The number of hydrogen-bond acceptors (Lipinski definition) is 8. The van der Waals surface area contributed by atoms with E-state index in [1.54, 1.807) is 42.8 Å². The molecule has 10 nitrogen and oxygen atoms in total. The van der Waals surface area contributed by atoms with Crippen LogP contribution in [0, 0.1) is 0 Å². The van der Waals surface area contributed by atoms with Crippen LogP contribution in [-0.2, 0) is 24.2 Å². The topological polar surface area (TPSA) is 128 Å².